The minimum Gasteiger partial charge on any atom is -0.303 e. The van der Waals surface area contributed by atoms with E-state index in [1.807, 2.05) is 0 Å². The molecule has 2 aromatic carbocycles. The van der Waals surface area contributed by atoms with Gasteiger partial charge in [0.2, 0.25) is 0 Å². The highest BCUT2D eigenvalue weighted by atomic mass is 79.9. The maximum atomic E-state index is 3.84. The first kappa shape index (κ1) is 14.8. The molecule has 1 aliphatic carbocycles. The van der Waals surface area contributed by atoms with Crippen LogP contribution in [0.1, 0.15) is 48.5 Å². The fourth-order valence-electron chi connectivity index (χ4n) is 2.82. The summed E-state index contributed by atoms with van der Waals surface area (Å²) in [5.41, 5.74) is 4.09. The fraction of sp³-hybridized carbons (Fsp3) is 0.368. The minimum atomic E-state index is 0.366. The van der Waals surface area contributed by atoms with E-state index in [0.717, 1.165) is 10.4 Å². The van der Waals surface area contributed by atoms with E-state index in [1.165, 1.54) is 29.5 Å². The predicted octanol–water partition coefficient (Wildman–Crippen LogP) is 5.56. The average molecular weight is 344 g/mol. The summed E-state index contributed by atoms with van der Waals surface area (Å²) < 4.78 is 1.13. The zero-order chi connectivity index (χ0) is 14.8. The fourth-order valence-corrected chi connectivity index (χ4v) is 3.09. The molecule has 0 spiro atoms. The van der Waals surface area contributed by atoms with Gasteiger partial charge in [0.05, 0.1) is 0 Å². The molecule has 1 N–H and O–H groups in total. The Morgan fingerprint density at radius 2 is 1.52 bits per heavy atom. The van der Waals surface area contributed by atoms with Crippen LogP contribution in [0.2, 0.25) is 0 Å². The van der Waals surface area contributed by atoms with Crippen molar-refractivity contribution in [3.63, 3.8) is 0 Å². The molecular weight excluding hydrogens is 322 g/mol. The van der Waals surface area contributed by atoms with Crippen LogP contribution >= 0.6 is 15.9 Å². The highest BCUT2D eigenvalue weighted by Gasteiger charge is 2.33. The van der Waals surface area contributed by atoms with Gasteiger partial charge in [0.25, 0.3) is 0 Å². The Hall–Kier alpha value is -1.12. The average Bonchev–Trinajstić information content (AvgIpc) is 3.31. The van der Waals surface area contributed by atoms with Gasteiger partial charge in [-0.3, -0.25) is 0 Å². The van der Waals surface area contributed by atoms with Crippen LogP contribution in [0.4, 0.5) is 0 Å². The number of hydrogen-bond donors (Lipinski definition) is 1. The predicted molar refractivity (Wildman–Crippen MR) is 92.3 cm³/mol. The van der Waals surface area contributed by atoms with E-state index in [2.05, 4.69) is 83.6 Å². The van der Waals surface area contributed by atoms with Crippen molar-refractivity contribution in [2.75, 3.05) is 0 Å². The Labute approximate surface area is 135 Å². The molecule has 3 rings (SSSR count). The van der Waals surface area contributed by atoms with E-state index in [4.69, 9.17) is 0 Å². The summed E-state index contributed by atoms with van der Waals surface area (Å²) >= 11 is 3.50. The maximum Gasteiger partial charge on any atom is 0.0353 e. The van der Waals surface area contributed by atoms with Crippen molar-refractivity contribution in [1.29, 1.82) is 0 Å². The molecule has 2 aromatic rings. The van der Waals surface area contributed by atoms with Gasteiger partial charge in [-0.25, -0.2) is 0 Å². The highest BCUT2D eigenvalue weighted by molar-refractivity contribution is 9.10. The second-order valence-corrected chi connectivity index (χ2v) is 7.08. The molecule has 1 fully saturated rings. The molecular formula is C19H22BrN. The van der Waals surface area contributed by atoms with E-state index in [-0.39, 0.29) is 0 Å². The zero-order valence-electron chi connectivity index (χ0n) is 12.6. The number of nitrogens with one attached hydrogen (secondary N) is 1. The van der Waals surface area contributed by atoms with E-state index in [1.54, 1.807) is 0 Å². The van der Waals surface area contributed by atoms with Gasteiger partial charge in [-0.15, -0.1) is 0 Å². The molecule has 110 valence electrons. The molecule has 0 bridgehead atoms. The number of benzene rings is 2. The molecule has 21 heavy (non-hydrogen) atoms. The normalized spacial score (nSPS) is 17.5. The number of halogens is 1. The van der Waals surface area contributed by atoms with Gasteiger partial charge >= 0.3 is 0 Å². The Balaban J connectivity index is 1.76. The summed E-state index contributed by atoms with van der Waals surface area (Å²) in [6.07, 6.45) is 2.69. The lowest BCUT2D eigenvalue weighted by molar-refractivity contribution is 0.427. The Kier molecular flexibility index (Phi) is 4.46. The van der Waals surface area contributed by atoms with E-state index >= 15 is 0 Å². The van der Waals surface area contributed by atoms with Crippen molar-refractivity contribution in [2.24, 2.45) is 5.92 Å². The molecule has 1 saturated carbocycles. The van der Waals surface area contributed by atoms with Gasteiger partial charge < -0.3 is 5.32 Å². The summed E-state index contributed by atoms with van der Waals surface area (Å²) in [4.78, 5) is 0. The Morgan fingerprint density at radius 1 is 0.952 bits per heavy atom. The first-order valence-electron chi connectivity index (χ1n) is 7.71. The van der Waals surface area contributed by atoms with Crippen molar-refractivity contribution < 1.29 is 0 Å². The van der Waals surface area contributed by atoms with Gasteiger partial charge in [-0.1, -0.05) is 57.9 Å². The van der Waals surface area contributed by atoms with Crippen molar-refractivity contribution in [2.45, 2.75) is 38.8 Å². The molecule has 1 nitrogen and oxygen atoms in total. The molecule has 0 saturated heterocycles. The summed E-state index contributed by atoms with van der Waals surface area (Å²) in [7, 11) is 0. The van der Waals surface area contributed by atoms with Crippen LogP contribution in [0.3, 0.4) is 0 Å². The third-order valence-corrected chi connectivity index (χ3v) is 4.86. The number of rotatable bonds is 5. The van der Waals surface area contributed by atoms with Crippen molar-refractivity contribution in [3.05, 3.63) is 69.7 Å². The lowest BCUT2D eigenvalue weighted by Crippen LogP contribution is -2.26. The van der Waals surface area contributed by atoms with Crippen LogP contribution in [-0.4, -0.2) is 0 Å². The molecule has 0 aromatic heterocycles. The van der Waals surface area contributed by atoms with E-state index in [0.29, 0.717) is 12.1 Å². The lowest BCUT2D eigenvalue weighted by atomic mass is 9.98. The van der Waals surface area contributed by atoms with Gasteiger partial charge in [0, 0.05) is 16.6 Å². The van der Waals surface area contributed by atoms with Crippen LogP contribution in [-0.2, 0) is 0 Å². The monoisotopic (exact) mass is 343 g/mol. The maximum absolute atomic E-state index is 3.84. The van der Waals surface area contributed by atoms with Gasteiger partial charge in [0.15, 0.2) is 0 Å². The van der Waals surface area contributed by atoms with Crippen molar-refractivity contribution in [1.82, 2.24) is 5.32 Å². The molecule has 0 heterocycles. The Morgan fingerprint density at radius 3 is 2.10 bits per heavy atom. The number of hydrogen-bond acceptors (Lipinski definition) is 1. The van der Waals surface area contributed by atoms with Crippen molar-refractivity contribution >= 4 is 15.9 Å². The molecule has 1 unspecified atom stereocenters. The topological polar surface area (TPSA) is 12.0 Å². The summed E-state index contributed by atoms with van der Waals surface area (Å²) in [5, 5.41) is 3.84. The SMILES string of the molecule is Cc1ccc(C(N[C@@H](C)c2ccc(Br)cc2)C2CC2)cc1. The quantitative estimate of drug-likeness (QED) is 0.749. The summed E-state index contributed by atoms with van der Waals surface area (Å²) in [5.74, 6) is 0.797. The van der Waals surface area contributed by atoms with Gasteiger partial charge in [0.1, 0.15) is 0 Å². The first-order chi connectivity index (χ1) is 10.1. The summed E-state index contributed by atoms with van der Waals surface area (Å²) in [6.45, 7) is 4.40. The summed E-state index contributed by atoms with van der Waals surface area (Å²) in [6, 6.07) is 18.5. The molecule has 0 amide bonds. The second-order valence-electron chi connectivity index (χ2n) is 6.17. The smallest absolute Gasteiger partial charge is 0.0353 e. The molecule has 1 aliphatic rings. The molecule has 2 heteroatoms. The van der Waals surface area contributed by atoms with E-state index < -0.39 is 0 Å². The standard InChI is InChI=1S/C19H22BrN/c1-13-3-5-16(6-4-13)19(17-7-8-17)21-14(2)15-9-11-18(20)12-10-15/h3-6,9-12,14,17,19,21H,7-8H2,1-2H3/t14-,19?/m0/s1. The van der Waals surface area contributed by atoms with Gasteiger partial charge in [-0.2, -0.15) is 0 Å². The van der Waals surface area contributed by atoms with Crippen LogP contribution in [0.25, 0.3) is 0 Å². The van der Waals surface area contributed by atoms with Crippen LogP contribution in [0, 0.1) is 12.8 Å². The van der Waals surface area contributed by atoms with Crippen LogP contribution < -0.4 is 5.32 Å². The van der Waals surface area contributed by atoms with E-state index in [9.17, 15) is 0 Å². The largest absolute Gasteiger partial charge is 0.303 e. The third kappa shape index (κ3) is 3.75. The molecule has 0 aliphatic heterocycles. The lowest BCUT2D eigenvalue weighted by Gasteiger charge is -2.24. The zero-order valence-corrected chi connectivity index (χ0v) is 14.2. The highest BCUT2D eigenvalue weighted by Crippen LogP contribution is 2.42. The molecule has 2 atom stereocenters. The molecule has 0 radical (unpaired) electrons. The first-order valence-corrected chi connectivity index (χ1v) is 8.51. The Bertz CT molecular complexity index is 584. The number of aryl methyl sites for hydroxylation is 1. The minimum absolute atomic E-state index is 0.366. The van der Waals surface area contributed by atoms with Crippen LogP contribution in [0.5, 0.6) is 0 Å². The van der Waals surface area contributed by atoms with Crippen LogP contribution in [0.15, 0.2) is 53.0 Å². The second kappa shape index (κ2) is 6.33. The van der Waals surface area contributed by atoms with Gasteiger partial charge in [-0.05, 0) is 55.9 Å². The van der Waals surface area contributed by atoms with Crippen molar-refractivity contribution in [3.8, 4) is 0 Å². The third-order valence-electron chi connectivity index (χ3n) is 4.33.